The molecule has 17 heavy (non-hydrogen) atoms. The Hall–Kier alpha value is -0.910. The molecular formula is C12H20N2O2S. The molecule has 0 bridgehead atoms. The second-order valence-electron chi connectivity index (χ2n) is 4.06. The maximum Gasteiger partial charge on any atom is 0.240 e. The van der Waals surface area contributed by atoms with Gasteiger partial charge in [-0.2, -0.15) is 0 Å². The zero-order valence-electron chi connectivity index (χ0n) is 10.6. The summed E-state index contributed by atoms with van der Waals surface area (Å²) in [4.78, 5) is 2.42. The Morgan fingerprint density at radius 2 is 1.94 bits per heavy atom. The van der Waals surface area contributed by atoms with Crippen molar-refractivity contribution in [1.29, 1.82) is 0 Å². The molecule has 0 aromatic heterocycles. The lowest BCUT2D eigenvalue weighted by Gasteiger charge is -2.14. The molecule has 1 rings (SSSR count). The Labute approximate surface area is 104 Å². The second-order valence-corrected chi connectivity index (χ2v) is 5.79. The highest BCUT2D eigenvalue weighted by atomic mass is 32.2. The van der Waals surface area contributed by atoms with Gasteiger partial charge in [-0.1, -0.05) is 25.1 Å². The third kappa shape index (κ3) is 4.11. The van der Waals surface area contributed by atoms with Crippen molar-refractivity contribution < 1.29 is 8.42 Å². The number of likely N-dealkylation sites (N-methyl/N-ethyl adjacent to an activating group) is 1. The minimum Gasteiger partial charge on any atom is -0.305 e. The van der Waals surface area contributed by atoms with Crippen molar-refractivity contribution >= 4 is 10.0 Å². The van der Waals surface area contributed by atoms with Crippen molar-refractivity contribution in [2.45, 2.75) is 18.7 Å². The molecule has 0 aliphatic rings. The Balaban J connectivity index is 2.67. The second kappa shape index (κ2) is 6.14. The van der Waals surface area contributed by atoms with Gasteiger partial charge in [-0.15, -0.1) is 0 Å². The molecule has 0 aliphatic carbocycles. The van der Waals surface area contributed by atoms with Gasteiger partial charge in [0.25, 0.3) is 0 Å². The van der Waals surface area contributed by atoms with Crippen LogP contribution < -0.4 is 4.72 Å². The average molecular weight is 256 g/mol. The zero-order valence-corrected chi connectivity index (χ0v) is 11.4. The largest absolute Gasteiger partial charge is 0.305 e. The fraction of sp³-hybridized carbons (Fsp3) is 0.500. The molecule has 96 valence electrons. The summed E-state index contributed by atoms with van der Waals surface area (Å²) in [5.41, 5.74) is 0.767. The van der Waals surface area contributed by atoms with Gasteiger partial charge in [-0.3, -0.25) is 0 Å². The topological polar surface area (TPSA) is 49.4 Å². The molecule has 0 atom stereocenters. The van der Waals surface area contributed by atoms with Crippen molar-refractivity contribution in [3.63, 3.8) is 0 Å². The first kappa shape index (κ1) is 14.2. The number of hydrogen-bond donors (Lipinski definition) is 1. The Kier molecular flexibility index (Phi) is 5.11. The Bertz CT molecular complexity index is 457. The fourth-order valence-corrected chi connectivity index (χ4v) is 2.73. The minimum atomic E-state index is -3.37. The highest BCUT2D eigenvalue weighted by molar-refractivity contribution is 7.89. The molecule has 0 spiro atoms. The van der Waals surface area contributed by atoms with Gasteiger partial charge in [0.05, 0.1) is 4.90 Å². The summed E-state index contributed by atoms with van der Waals surface area (Å²) < 4.78 is 26.6. The number of hydrogen-bond acceptors (Lipinski definition) is 3. The normalized spacial score (nSPS) is 12.0. The summed E-state index contributed by atoms with van der Waals surface area (Å²) in [6.07, 6.45) is 0. The number of aryl methyl sites for hydroxylation is 1. The molecule has 0 saturated carbocycles. The maximum atomic E-state index is 12.0. The van der Waals surface area contributed by atoms with E-state index in [2.05, 4.69) is 9.62 Å². The van der Waals surface area contributed by atoms with E-state index >= 15 is 0 Å². The Morgan fingerprint density at radius 1 is 1.29 bits per heavy atom. The lowest BCUT2D eigenvalue weighted by atomic mass is 10.2. The van der Waals surface area contributed by atoms with Crippen LogP contribution in [0, 0.1) is 6.92 Å². The summed E-state index contributed by atoms with van der Waals surface area (Å²) in [5.74, 6) is 0. The van der Waals surface area contributed by atoms with E-state index < -0.39 is 10.0 Å². The smallest absolute Gasteiger partial charge is 0.240 e. The molecule has 1 N–H and O–H groups in total. The van der Waals surface area contributed by atoms with E-state index in [1.807, 2.05) is 20.0 Å². The standard InChI is InChI=1S/C12H20N2O2S/c1-4-14(3)10-9-13-17(15,16)12-8-6-5-7-11(12)2/h5-8,13H,4,9-10H2,1-3H3. The monoisotopic (exact) mass is 256 g/mol. The third-order valence-electron chi connectivity index (χ3n) is 2.71. The van der Waals surface area contributed by atoms with Gasteiger partial charge in [0.1, 0.15) is 0 Å². The molecule has 1 aromatic carbocycles. The summed E-state index contributed by atoms with van der Waals surface area (Å²) in [7, 11) is -1.41. The van der Waals surface area contributed by atoms with Crippen molar-refractivity contribution in [2.24, 2.45) is 0 Å². The number of nitrogens with one attached hydrogen (secondary N) is 1. The van der Waals surface area contributed by atoms with Crippen LogP contribution in [-0.4, -0.2) is 40.0 Å². The molecule has 0 heterocycles. The molecule has 0 aliphatic heterocycles. The van der Waals surface area contributed by atoms with Crippen molar-refractivity contribution in [3.8, 4) is 0 Å². The highest BCUT2D eigenvalue weighted by Crippen LogP contribution is 2.13. The van der Waals surface area contributed by atoms with Crippen LogP contribution in [0.1, 0.15) is 12.5 Å². The number of nitrogens with zero attached hydrogens (tertiary/aromatic N) is 1. The zero-order chi connectivity index (χ0) is 12.9. The molecular weight excluding hydrogens is 236 g/mol. The number of sulfonamides is 1. The molecule has 5 heteroatoms. The molecule has 0 radical (unpaired) electrons. The van der Waals surface area contributed by atoms with Crippen LogP contribution >= 0.6 is 0 Å². The predicted molar refractivity (Wildman–Crippen MR) is 69.5 cm³/mol. The van der Waals surface area contributed by atoms with Gasteiger partial charge in [0.2, 0.25) is 10.0 Å². The first-order chi connectivity index (χ1) is 7.97. The van der Waals surface area contributed by atoms with E-state index in [1.54, 1.807) is 25.1 Å². The van der Waals surface area contributed by atoms with E-state index in [-0.39, 0.29) is 0 Å². The van der Waals surface area contributed by atoms with Crippen molar-refractivity contribution in [1.82, 2.24) is 9.62 Å². The average Bonchev–Trinajstić information content (AvgIpc) is 2.28. The number of benzene rings is 1. The highest BCUT2D eigenvalue weighted by Gasteiger charge is 2.15. The van der Waals surface area contributed by atoms with Gasteiger partial charge >= 0.3 is 0 Å². The van der Waals surface area contributed by atoms with Crippen LogP contribution in [0.2, 0.25) is 0 Å². The number of rotatable bonds is 6. The molecule has 1 aromatic rings. The lowest BCUT2D eigenvalue weighted by molar-refractivity contribution is 0.358. The molecule has 0 fully saturated rings. The third-order valence-corrected chi connectivity index (χ3v) is 4.33. The first-order valence-electron chi connectivity index (χ1n) is 5.71. The van der Waals surface area contributed by atoms with Crippen LogP contribution in [0.4, 0.5) is 0 Å². The van der Waals surface area contributed by atoms with E-state index in [0.29, 0.717) is 18.0 Å². The van der Waals surface area contributed by atoms with E-state index in [0.717, 1.165) is 12.1 Å². The van der Waals surface area contributed by atoms with Gasteiger partial charge < -0.3 is 4.90 Å². The quantitative estimate of drug-likeness (QED) is 0.832. The molecule has 4 nitrogen and oxygen atoms in total. The first-order valence-corrected chi connectivity index (χ1v) is 7.19. The van der Waals surface area contributed by atoms with Crippen LogP contribution in [0.3, 0.4) is 0 Å². The summed E-state index contributed by atoms with van der Waals surface area (Å²) in [6.45, 7) is 5.89. The van der Waals surface area contributed by atoms with Gasteiger partial charge in [-0.25, -0.2) is 13.1 Å². The fourth-order valence-electron chi connectivity index (χ4n) is 1.46. The van der Waals surface area contributed by atoms with E-state index in [1.165, 1.54) is 0 Å². The van der Waals surface area contributed by atoms with Crippen LogP contribution in [-0.2, 0) is 10.0 Å². The van der Waals surface area contributed by atoms with Crippen molar-refractivity contribution in [3.05, 3.63) is 29.8 Å². The van der Waals surface area contributed by atoms with E-state index in [4.69, 9.17) is 0 Å². The SMILES string of the molecule is CCN(C)CCNS(=O)(=O)c1ccccc1C. The van der Waals surface area contributed by atoms with Gasteiger partial charge in [0.15, 0.2) is 0 Å². The molecule has 0 saturated heterocycles. The summed E-state index contributed by atoms with van der Waals surface area (Å²) in [5, 5.41) is 0. The lowest BCUT2D eigenvalue weighted by Crippen LogP contribution is -2.33. The van der Waals surface area contributed by atoms with Gasteiger partial charge in [-0.05, 0) is 32.1 Å². The predicted octanol–water partition coefficient (Wildman–Crippen LogP) is 1.23. The maximum absolute atomic E-state index is 12.0. The van der Waals surface area contributed by atoms with E-state index in [9.17, 15) is 8.42 Å². The van der Waals surface area contributed by atoms with Crippen LogP contribution in [0.5, 0.6) is 0 Å². The van der Waals surface area contributed by atoms with Crippen molar-refractivity contribution in [2.75, 3.05) is 26.7 Å². The molecule has 0 unspecified atom stereocenters. The van der Waals surface area contributed by atoms with Crippen LogP contribution in [0.25, 0.3) is 0 Å². The minimum absolute atomic E-state index is 0.360. The summed E-state index contributed by atoms with van der Waals surface area (Å²) in [6, 6.07) is 6.99. The molecule has 0 amide bonds. The van der Waals surface area contributed by atoms with Crippen LogP contribution in [0.15, 0.2) is 29.2 Å². The van der Waals surface area contributed by atoms with Gasteiger partial charge in [0, 0.05) is 13.1 Å². The summed E-state index contributed by atoms with van der Waals surface area (Å²) >= 11 is 0. The Morgan fingerprint density at radius 3 is 2.53 bits per heavy atom.